The van der Waals surface area contributed by atoms with Gasteiger partial charge >= 0.3 is 6.18 Å². The number of nitrogens with one attached hydrogen (secondary N) is 1. The van der Waals surface area contributed by atoms with Gasteiger partial charge in [0.1, 0.15) is 12.3 Å². The highest BCUT2D eigenvalue weighted by molar-refractivity contribution is 5.90. The van der Waals surface area contributed by atoms with Crippen molar-refractivity contribution in [2.75, 3.05) is 12.4 Å². The van der Waals surface area contributed by atoms with Crippen LogP contribution in [0.25, 0.3) is 0 Å². The van der Waals surface area contributed by atoms with Crippen molar-refractivity contribution < 1.29 is 22.7 Å². The fraction of sp³-hybridized carbons (Fsp3) is 0.286. The minimum atomic E-state index is -4.53. The Bertz CT molecular complexity index is 680. The van der Waals surface area contributed by atoms with E-state index in [1.165, 1.54) is 14.0 Å². The number of rotatable bonds is 4. The lowest BCUT2D eigenvalue weighted by Crippen LogP contribution is -2.20. The number of aromatic nitrogens is 2. The van der Waals surface area contributed by atoms with Gasteiger partial charge in [-0.3, -0.25) is 9.48 Å². The molecule has 0 aliphatic carbocycles. The Morgan fingerprint density at radius 3 is 2.68 bits per heavy atom. The fourth-order valence-corrected chi connectivity index (χ4v) is 1.85. The van der Waals surface area contributed by atoms with Crippen molar-refractivity contribution in [3.63, 3.8) is 0 Å². The van der Waals surface area contributed by atoms with Gasteiger partial charge in [0.2, 0.25) is 5.91 Å². The van der Waals surface area contributed by atoms with E-state index in [1.54, 1.807) is 24.3 Å². The first-order chi connectivity index (χ1) is 10.3. The van der Waals surface area contributed by atoms with E-state index in [9.17, 15) is 18.0 Å². The van der Waals surface area contributed by atoms with E-state index in [4.69, 9.17) is 4.74 Å². The summed E-state index contributed by atoms with van der Waals surface area (Å²) >= 11 is 0. The van der Waals surface area contributed by atoms with E-state index < -0.39 is 17.8 Å². The number of aryl methyl sites for hydroxylation is 1. The van der Waals surface area contributed by atoms with Crippen LogP contribution < -0.4 is 10.1 Å². The summed E-state index contributed by atoms with van der Waals surface area (Å²) in [5.41, 5.74) is -0.266. The molecule has 1 aromatic heterocycles. The summed E-state index contributed by atoms with van der Waals surface area (Å²) in [5.74, 6) is 0.0839. The number of carbonyl (C=O) groups is 1. The van der Waals surface area contributed by atoms with Crippen LogP contribution in [0.2, 0.25) is 0 Å². The number of hydrogen-bond donors (Lipinski definition) is 1. The monoisotopic (exact) mass is 313 g/mol. The second kappa shape index (κ2) is 6.08. The molecule has 0 atom stereocenters. The number of methoxy groups -OCH3 is 1. The maximum Gasteiger partial charge on any atom is 0.435 e. The zero-order valence-electron chi connectivity index (χ0n) is 11.9. The normalized spacial score (nSPS) is 11.3. The van der Waals surface area contributed by atoms with E-state index >= 15 is 0 Å². The average Bonchev–Trinajstić information content (AvgIpc) is 2.80. The maximum absolute atomic E-state index is 12.6. The molecule has 2 aromatic rings. The van der Waals surface area contributed by atoms with Crippen molar-refractivity contribution in [3.05, 3.63) is 41.7 Å². The van der Waals surface area contributed by atoms with Crippen molar-refractivity contribution in [1.82, 2.24) is 9.78 Å². The Hall–Kier alpha value is -2.51. The van der Waals surface area contributed by atoms with E-state index in [-0.39, 0.29) is 12.2 Å². The van der Waals surface area contributed by atoms with E-state index in [0.717, 1.165) is 10.7 Å². The number of ether oxygens (including phenoxy) is 1. The topological polar surface area (TPSA) is 56.1 Å². The number of alkyl halides is 3. The van der Waals surface area contributed by atoms with Crippen LogP contribution in [0.1, 0.15) is 11.4 Å². The van der Waals surface area contributed by atoms with Crippen molar-refractivity contribution in [1.29, 1.82) is 0 Å². The predicted octanol–water partition coefficient (Wildman–Crippen LogP) is 2.86. The van der Waals surface area contributed by atoms with Crippen LogP contribution in [0, 0.1) is 6.92 Å². The molecule has 1 heterocycles. The molecule has 0 aliphatic rings. The zero-order valence-corrected chi connectivity index (χ0v) is 11.9. The van der Waals surface area contributed by atoms with Gasteiger partial charge in [-0.25, -0.2) is 0 Å². The lowest BCUT2D eigenvalue weighted by atomic mass is 10.3. The van der Waals surface area contributed by atoms with Gasteiger partial charge in [0, 0.05) is 17.4 Å². The average molecular weight is 313 g/mol. The second-order valence-corrected chi connectivity index (χ2v) is 4.61. The lowest BCUT2D eigenvalue weighted by molar-refractivity contribution is -0.141. The molecule has 0 aliphatic heterocycles. The molecule has 2 rings (SSSR count). The van der Waals surface area contributed by atoms with Gasteiger partial charge in [-0.1, -0.05) is 6.07 Å². The third-order valence-electron chi connectivity index (χ3n) is 2.92. The Balaban J connectivity index is 2.07. The standard InChI is InChI=1S/C14H14F3N3O2/c1-9-6-12(14(15,16)17)19-20(9)8-13(21)18-10-4-3-5-11(7-10)22-2/h3-7H,8H2,1-2H3,(H,18,21). The molecule has 118 valence electrons. The van der Waals surface area contributed by atoms with Crippen LogP contribution in [0.4, 0.5) is 18.9 Å². The Labute approximate surface area is 124 Å². The van der Waals surface area contributed by atoms with Crippen LogP contribution in [-0.4, -0.2) is 22.8 Å². The fourth-order valence-electron chi connectivity index (χ4n) is 1.85. The van der Waals surface area contributed by atoms with Crippen LogP contribution in [-0.2, 0) is 17.5 Å². The van der Waals surface area contributed by atoms with Crippen LogP contribution in [0.5, 0.6) is 5.75 Å². The Morgan fingerprint density at radius 2 is 2.09 bits per heavy atom. The maximum atomic E-state index is 12.6. The number of carbonyl (C=O) groups excluding carboxylic acids is 1. The number of hydrogen-bond acceptors (Lipinski definition) is 3. The van der Waals surface area contributed by atoms with E-state index in [0.29, 0.717) is 11.4 Å². The molecule has 0 bridgehead atoms. The summed E-state index contributed by atoms with van der Waals surface area (Å²) in [7, 11) is 1.49. The first-order valence-corrected chi connectivity index (χ1v) is 6.35. The van der Waals surface area contributed by atoms with Crippen LogP contribution in [0.3, 0.4) is 0 Å². The Kier molecular flexibility index (Phi) is 4.39. The van der Waals surface area contributed by atoms with Crippen LogP contribution >= 0.6 is 0 Å². The molecule has 0 fully saturated rings. The van der Waals surface area contributed by atoms with E-state index in [2.05, 4.69) is 10.4 Å². The van der Waals surface area contributed by atoms with Crippen molar-refractivity contribution >= 4 is 11.6 Å². The third kappa shape index (κ3) is 3.78. The minimum Gasteiger partial charge on any atom is -0.497 e. The lowest BCUT2D eigenvalue weighted by Gasteiger charge is -2.08. The number of nitrogens with zero attached hydrogens (tertiary/aromatic N) is 2. The summed E-state index contributed by atoms with van der Waals surface area (Å²) < 4.78 is 43.7. The van der Waals surface area contributed by atoms with Gasteiger partial charge in [-0.2, -0.15) is 18.3 Å². The molecular formula is C14H14F3N3O2. The van der Waals surface area contributed by atoms with Gasteiger partial charge in [0.05, 0.1) is 7.11 Å². The van der Waals surface area contributed by atoms with E-state index in [1.807, 2.05) is 0 Å². The first-order valence-electron chi connectivity index (χ1n) is 6.35. The molecule has 1 amide bonds. The quantitative estimate of drug-likeness (QED) is 0.944. The molecule has 0 radical (unpaired) electrons. The number of halogens is 3. The summed E-state index contributed by atoms with van der Waals surface area (Å²) in [5, 5.41) is 5.98. The van der Waals surface area contributed by atoms with Gasteiger partial charge in [-0.05, 0) is 25.1 Å². The number of anilines is 1. The van der Waals surface area contributed by atoms with Crippen molar-refractivity contribution in [3.8, 4) is 5.75 Å². The molecule has 1 N–H and O–H groups in total. The molecule has 0 unspecified atom stereocenters. The zero-order chi connectivity index (χ0) is 16.3. The predicted molar refractivity (Wildman–Crippen MR) is 73.6 cm³/mol. The van der Waals surface area contributed by atoms with Gasteiger partial charge < -0.3 is 10.1 Å². The molecule has 5 nitrogen and oxygen atoms in total. The molecular weight excluding hydrogens is 299 g/mol. The first kappa shape index (κ1) is 15.9. The van der Waals surface area contributed by atoms with Crippen LogP contribution in [0.15, 0.2) is 30.3 Å². The number of amides is 1. The molecule has 0 saturated carbocycles. The highest BCUT2D eigenvalue weighted by Gasteiger charge is 2.34. The summed E-state index contributed by atoms with van der Waals surface area (Å²) in [4.78, 5) is 11.9. The SMILES string of the molecule is COc1cccc(NC(=O)Cn2nc(C(F)(F)F)cc2C)c1. The minimum absolute atomic E-state index is 0.258. The third-order valence-corrected chi connectivity index (χ3v) is 2.92. The van der Waals surface area contributed by atoms with Crippen molar-refractivity contribution in [2.24, 2.45) is 0 Å². The molecule has 22 heavy (non-hydrogen) atoms. The largest absolute Gasteiger partial charge is 0.497 e. The van der Waals surface area contributed by atoms with Crippen molar-refractivity contribution in [2.45, 2.75) is 19.6 Å². The summed E-state index contributed by atoms with van der Waals surface area (Å²) in [6.45, 7) is 1.15. The summed E-state index contributed by atoms with van der Waals surface area (Å²) in [6, 6.07) is 7.56. The molecule has 0 saturated heterocycles. The van der Waals surface area contributed by atoms with Gasteiger partial charge in [0.25, 0.3) is 0 Å². The Morgan fingerprint density at radius 1 is 1.36 bits per heavy atom. The molecule has 8 heteroatoms. The van der Waals surface area contributed by atoms with Gasteiger partial charge in [-0.15, -0.1) is 0 Å². The molecule has 0 spiro atoms. The van der Waals surface area contributed by atoms with Gasteiger partial charge in [0.15, 0.2) is 5.69 Å². The number of benzene rings is 1. The smallest absolute Gasteiger partial charge is 0.435 e. The highest BCUT2D eigenvalue weighted by Crippen LogP contribution is 2.28. The second-order valence-electron chi connectivity index (χ2n) is 4.61. The molecule has 1 aromatic carbocycles. The summed E-state index contributed by atoms with van der Waals surface area (Å²) in [6.07, 6.45) is -4.53. The highest BCUT2D eigenvalue weighted by atomic mass is 19.4.